The van der Waals surface area contributed by atoms with Crippen LogP contribution in [-0.4, -0.2) is 10.9 Å². The summed E-state index contributed by atoms with van der Waals surface area (Å²) in [7, 11) is 0. The van der Waals surface area contributed by atoms with E-state index in [1.807, 2.05) is 11.4 Å². The van der Waals surface area contributed by atoms with Gasteiger partial charge in [-0.25, -0.2) is 5.43 Å². The van der Waals surface area contributed by atoms with Crippen LogP contribution in [0.5, 0.6) is 0 Å². The number of pyridine rings is 1. The Morgan fingerprint density at radius 1 is 1.28 bits per heavy atom. The summed E-state index contributed by atoms with van der Waals surface area (Å²) in [4.78, 5) is 15.6. The van der Waals surface area contributed by atoms with E-state index < -0.39 is 23.2 Å². The molecule has 3 rings (SSSR count). The van der Waals surface area contributed by atoms with Crippen LogP contribution in [0.25, 0.3) is 10.1 Å². The summed E-state index contributed by atoms with van der Waals surface area (Å²) in [6.45, 7) is 0.244. The number of thiophene rings is 1. The maximum absolute atomic E-state index is 12.9. The molecule has 0 aliphatic carbocycles. The zero-order valence-corrected chi connectivity index (χ0v) is 14.1. The fourth-order valence-corrected chi connectivity index (χ4v) is 3.42. The van der Waals surface area contributed by atoms with E-state index in [0.29, 0.717) is 5.02 Å². The van der Waals surface area contributed by atoms with E-state index in [1.165, 1.54) is 11.3 Å². The van der Waals surface area contributed by atoms with E-state index >= 15 is 0 Å². The maximum atomic E-state index is 12.9. The zero-order valence-electron chi connectivity index (χ0n) is 12.5. The standard InChI is InChI=1S/C16H11ClF3N3OS/c17-10-1-2-14-11(5-10)9(8-25-14)6-22-23-15(24)12-7-21-4-3-13(12)16(18,19)20/h1-5,7-8,22H,6H2,(H,23,24). The number of amides is 1. The molecule has 0 saturated heterocycles. The van der Waals surface area contributed by atoms with Gasteiger partial charge in [-0.3, -0.25) is 15.2 Å². The van der Waals surface area contributed by atoms with Gasteiger partial charge in [-0.2, -0.15) is 13.2 Å². The summed E-state index contributed by atoms with van der Waals surface area (Å²) in [5, 5.41) is 3.41. The number of carbonyl (C=O) groups is 1. The van der Waals surface area contributed by atoms with Gasteiger partial charge in [0.2, 0.25) is 0 Å². The van der Waals surface area contributed by atoms with Gasteiger partial charge in [0.25, 0.3) is 5.91 Å². The molecule has 2 heterocycles. The third kappa shape index (κ3) is 3.92. The van der Waals surface area contributed by atoms with E-state index in [2.05, 4.69) is 15.8 Å². The van der Waals surface area contributed by atoms with Gasteiger partial charge < -0.3 is 0 Å². The van der Waals surface area contributed by atoms with Crippen molar-refractivity contribution in [2.75, 3.05) is 0 Å². The third-order valence-electron chi connectivity index (χ3n) is 3.47. The number of hydrogen-bond donors (Lipinski definition) is 2. The third-order valence-corrected chi connectivity index (χ3v) is 4.71. The monoisotopic (exact) mass is 385 g/mol. The van der Waals surface area contributed by atoms with Crippen molar-refractivity contribution >= 4 is 38.9 Å². The lowest BCUT2D eigenvalue weighted by Gasteiger charge is -2.12. The van der Waals surface area contributed by atoms with Crippen molar-refractivity contribution in [3.63, 3.8) is 0 Å². The number of rotatable bonds is 4. The van der Waals surface area contributed by atoms with Gasteiger partial charge in [0, 0.05) is 28.7 Å². The Balaban J connectivity index is 1.70. The summed E-state index contributed by atoms with van der Waals surface area (Å²) < 4.78 is 39.8. The molecule has 1 aromatic carbocycles. The Morgan fingerprint density at radius 3 is 2.84 bits per heavy atom. The van der Waals surface area contributed by atoms with E-state index in [4.69, 9.17) is 11.6 Å². The molecule has 9 heteroatoms. The van der Waals surface area contributed by atoms with Crippen molar-refractivity contribution in [1.82, 2.24) is 15.8 Å². The summed E-state index contributed by atoms with van der Waals surface area (Å²) in [5.41, 5.74) is 4.22. The highest BCUT2D eigenvalue weighted by Gasteiger charge is 2.35. The van der Waals surface area contributed by atoms with Crippen LogP contribution in [0.15, 0.2) is 42.0 Å². The van der Waals surface area contributed by atoms with E-state index in [1.54, 1.807) is 12.1 Å². The van der Waals surface area contributed by atoms with Crippen molar-refractivity contribution in [2.45, 2.75) is 12.7 Å². The van der Waals surface area contributed by atoms with Crippen LogP contribution in [0.1, 0.15) is 21.5 Å². The molecule has 2 aromatic heterocycles. The van der Waals surface area contributed by atoms with Crippen molar-refractivity contribution in [3.8, 4) is 0 Å². The van der Waals surface area contributed by atoms with E-state index in [9.17, 15) is 18.0 Å². The molecule has 0 aliphatic heterocycles. The lowest BCUT2D eigenvalue weighted by molar-refractivity contribution is -0.138. The molecule has 4 nitrogen and oxygen atoms in total. The number of benzene rings is 1. The molecular weight excluding hydrogens is 375 g/mol. The molecule has 0 bridgehead atoms. The van der Waals surface area contributed by atoms with E-state index in [-0.39, 0.29) is 6.54 Å². The van der Waals surface area contributed by atoms with E-state index in [0.717, 1.165) is 34.1 Å². The fraction of sp³-hybridized carbons (Fsp3) is 0.125. The Hall–Kier alpha value is -2.16. The van der Waals surface area contributed by atoms with Crippen molar-refractivity contribution in [1.29, 1.82) is 0 Å². The average molecular weight is 386 g/mol. The Kier molecular flexibility index (Phi) is 4.94. The zero-order chi connectivity index (χ0) is 18.0. The molecule has 2 N–H and O–H groups in total. The summed E-state index contributed by atoms with van der Waals surface area (Å²) in [5.74, 6) is -0.905. The molecule has 0 radical (unpaired) electrons. The second kappa shape index (κ2) is 6.99. The molecule has 0 fully saturated rings. The van der Waals surface area contributed by atoms with Crippen LogP contribution < -0.4 is 10.9 Å². The van der Waals surface area contributed by atoms with Gasteiger partial charge in [-0.1, -0.05) is 11.6 Å². The Bertz CT molecular complexity index is 926. The first kappa shape index (κ1) is 17.7. The van der Waals surface area contributed by atoms with Gasteiger partial charge in [0.15, 0.2) is 0 Å². The molecular formula is C16H11ClF3N3OS. The highest BCUT2D eigenvalue weighted by Crippen LogP contribution is 2.31. The second-order valence-electron chi connectivity index (χ2n) is 5.13. The number of fused-ring (bicyclic) bond motifs is 1. The average Bonchev–Trinajstić information content (AvgIpc) is 2.96. The van der Waals surface area contributed by atoms with Crippen LogP contribution >= 0.6 is 22.9 Å². The molecule has 0 unspecified atom stereocenters. The number of halogens is 4. The van der Waals surface area contributed by atoms with Crippen LogP contribution in [0.3, 0.4) is 0 Å². The van der Waals surface area contributed by atoms with Crippen molar-refractivity contribution < 1.29 is 18.0 Å². The Labute approximate surface area is 149 Å². The normalized spacial score (nSPS) is 11.7. The van der Waals surface area contributed by atoms with Crippen molar-refractivity contribution in [3.05, 3.63) is 63.8 Å². The van der Waals surface area contributed by atoms with Gasteiger partial charge in [-0.05, 0) is 40.6 Å². The molecule has 0 aliphatic rings. The number of hydrazine groups is 1. The van der Waals surface area contributed by atoms with Crippen LogP contribution in [0.2, 0.25) is 5.02 Å². The van der Waals surface area contributed by atoms with Gasteiger partial charge in [0.05, 0.1) is 11.1 Å². The molecule has 1 amide bonds. The topological polar surface area (TPSA) is 54.0 Å². The van der Waals surface area contributed by atoms with Crippen molar-refractivity contribution in [2.24, 2.45) is 0 Å². The van der Waals surface area contributed by atoms with Crippen LogP contribution in [-0.2, 0) is 12.7 Å². The summed E-state index contributed by atoms with van der Waals surface area (Å²) in [6, 6.07) is 6.23. The number of aromatic nitrogens is 1. The molecule has 0 spiro atoms. The van der Waals surface area contributed by atoms with Crippen LogP contribution in [0, 0.1) is 0 Å². The number of alkyl halides is 3. The summed E-state index contributed by atoms with van der Waals surface area (Å²) >= 11 is 7.49. The minimum Gasteiger partial charge on any atom is -0.287 e. The predicted molar refractivity (Wildman–Crippen MR) is 90.4 cm³/mol. The molecule has 3 aromatic rings. The minimum atomic E-state index is -4.63. The largest absolute Gasteiger partial charge is 0.417 e. The molecule has 0 saturated carbocycles. The molecule has 0 atom stereocenters. The summed E-state index contributed by atoms with van der Waals surface area (Å²) in [6.07, 6.45) is -2.75. The van der Waals surface area contributed by atoms with Gasteiger partial charge in [0.1, 0.15) is 0 Å². The SMILES string of the molecule is O=C(NNCc1csc2ccc(Cl)cc12)c1cnccc1C(F)(F)F. The lowest BCUT2D eigenvalue weighted by atomic mass is 10.1. The molecule has 130 valence electrons. The quantitative estimate of drug-likeness (QED) is 0.654. The smallest absolute Gasteiger partial charge is 0.287 e. The predicted octanol–water partition coefficient (Wildman–Crippen LogP) is 4.40. The number of hydrogen-bond acceptors (Lipinski definition) is 4. The highest BCUT2D eigenvalue weighted by molar-refractivity contribution is 7.17. The second-order valence-corrected chi connectivity index (χ2v) is 6.48. The van der Waals surface area contributed by atoms with Gasteiger partial charge >= 0.3 is 6.18 Å². The fourth-order valence-electron chi connectivity index (χ4n) is 2.30. The number of carbonyl (C=O) groups excluding carboxylic acids is 1. The molecule has 25 heavy (non-hydrogen) atoms. The lowest BCUT2D eigenvalue weighted by Crippen LogP contribution is -2.37. The number of nitrogens with one attached hydrogen (secondary N) is 2. The van der Waals surface area contributed by atoms with Gasteiger partial charge in [-0.15, -0.1) is 11.3 Å². The number of nitrogens with zero attached hydrogens (tertiary/aromatic N) is 1. The highest BCUT2D eigenvalue weighted by atomic mass is 35.5. The van der Waals surface area contributed by atoms with Crippen LogP contribution in [0.4, 0.5) is 13.2 Å². The first-order chi connectivity index (χ1) is 11.9. The minimum absolute atomic E-state index is 0.244. The first-order valence-electron chi connectivity index (χ1n) is 7.06. The first-order valence-corrected chi connectivity index (χ1v) is 8.32. The maximum Gasteiger partial charge on any atom is 0.417 e. The Morgan fingerprint density at radius 2 is 2.08 bits per heavy atom.